The first-order valence-electron chi connectivity index (χ1n) is 4.11. The molecule has 1 fully saturated rings. The number of alkyl halides is 1. The fraction of sp³-hybridized carbons (Fsp3) is 1.00. The Balaban J connectivity index is 2.64. The van der Waals surface area contributed by atoms with Crippen LogP contribution in [0.1, 0.15) is 12.8 Å². The van der Waals surface area contributed by atoms with E-state index in [4.69, 9.17) is 0 Å². The van der Waals surface area contributed by atoms with Crippen LogP contribution in [0.25, 0.3) is 0 Å². The molecule has 1 rings (SSSR count). The van der Waals surface area contributed by atoms with Crippen molar-refractivity contribution in [3.05, 3.63) is 0 Å². The Hall–Kier alpha value is 0.340. The van der Waals surface area contributed by atoms with Gasteiger partial charge in [-0.25, -0.2) is 21.6 Å². The maximum Gasteiger partial charge on any atom is 0.221 e. The van der Waals surface area contributed by atoms with Crippen LogP contribution in [0.2, 0.25) is 0 Å². The molecule has 0 saturated carbocycles. The highest BCUT2D eigenvalue weighted by atomic mass is 79.9. The number of hydrogen-bond acceptors (Lipinski definition) is 4. The van der Waals surface area contributed by atoms with Crippen LogP contribution in [0.5, 0.6) is 0 Å². The van der Waals surface area contributed by atoms with Crippen LogP contribution < -0.4 is 4.72 Å². The lowest BCUT2D eigenvalue weighted by Gasteiger charge is -2.22. The summed E-state index contributed by atoms with van der Waals surface area (Å²) in [7, 11) is -6.42. The van der Waals surface area contributed by atoms with Gasteiger partial charge in [-0.15, -0.1) is 0 Å². The quantitative estimate of drug-likeness (QED) is 0.735. The average Bonchev–Trinajstić information content (AvgIpc) is 2.01. The van der Waals surface area contributed by atoms with Gasteiger partial charge in [0.25, 0.3) is 0 Å². The van der Waals surface area contributed by atoms with Gasteiger partial charge in [-0.2, -0.15) is 0 Å². The third-order valence-corrected chi connectivity index (χ3v) is 6.56. The molecule has 0 aromatic carbocycles. The molecule has 0 bridgehead atoms. The molecular formula is C6H12BrNO4S2. The highest BCUT2D eigenvalue weighted by molar-refractivity contribution is 9.10. The van der Waals surface area contributed by atoms with Crippen molar-refractivity contribution in [2.45, 2.75) is 18.9 Å². The predicted molar refractivity (Wildman–Crippen MR) is 57.5 cm³/mol. The van der Waals surface area contributed by atoms with Gasteiger partial charge >= 0.3 is 0 Å². The Morgan fingerprint density at radius 1 is 1.43 bits per heavy atom. The fourth-order valence-electron chi connectivity index (χ4n) is 1.40. The first-order valence-corrected chi connectivity index (χ1v) is 8.70. The topological polar surface area (TPSA) is 80.3 Å². The Morgan fingerprint density at radius 3 is 2.57 bits per heavy atom. The van der Waals surface area contributed by atoms with Crippen molar-refractivity contribution >= 4 is 35.8 Å². The normalized spacial score (nSPS) is 27.4. The van der Waals surface area contributed by atoms with Crippen molar-refractivity contribution in [1.82, 2.24) is 4.72 Å². The smallest absolute Gasteiger partial charge is 0.221 e. The Kier molecular flexibility index (Phi) is 3.95. The molecule has 0 aliphatic carbocycles. The molecule has 0 amide bonds. The van der Waals surface area contributed by atoms with E-state index in [9.17, 15) is 16.8 Å². The molecular weight excluding hydrogens is 294 g/mol. The summed E-state index contributed by atoms with van der Waals surface area (Å²) >= 11 is 2.83. The molecule has 8 heteroatoms. The van der Waals surface area contributed by atoms with Gasteiger partial charge in [0, 0.05) is 6.04 Å². The third kappa shape index (κ3) is 3.84. The van der Waals surface area contributed by atoms with Gasteiger partial charge < -0.3 is 0 Å². The summed E-state index contributed by atoms with van der Waals surface area (Å²) in [5.41, 5.74) is 0. The van der Waals surface area contributed by atoms with Crippen LogP contribution in [0.15, 0.2) is 0 Å². The highest BCUT2D eigenvalue weighted by Crippen LogP contribution is 2.13. The van der Waals surface area contributed by atoms with Crippen LogP contribution in [0, 0.1) is 0 Å². The predicted octanol–water partition coefficient (Wildman–Crippen LogP) is -0.165. The van der Waals surface area contributed by atoms with E-state index in [1.54, 1.807) is 0 Å². The number of nitrogens with one attached hydrogen (secondary N) is 1. The first kappa shape index (κ1) is 12.4. The largest absolute Gasteiger partial charge is 0.229 e. The summed E-state index contributed by atoms with van der Waals surface area (Å²) in [4.78, 5) is 0. The Labute approximate surface area is 92.4 Å². The van der Waals surface area contributed by atoms with Gasteiger partial charge in [-0.05, 0) is 12.8 Å². The summed E-state index contributed by atoms with van der Waals surface area (Å²) in [6.45, 7) is 0. The molecule has 0 aromatic rings. The van der Waals surface area contributed by atoms with Crippen LogP contribution in [-0.2, 0) is 19.9 Å². The third-order valence-electron chi connectivity index (χ3n) is 1.95. The van der Waals surface area contributed by atoms with Gasteiger partial charge in [-0.3, -0.25) is 0 Å². The van der Waals surface area contributed by atoms with Crippen molar-refractivity contribution in [2.75, 3.05) is 16.2 Å². The molecule has 84 valence electrons. The summed E-state index contributed by atoms with van der Waals surface area (Å²) < 4.78 is 46.8. The molecule has 1 unspecified atom stereocenters. The molecule has 0 aromatic heterocycles. The number of halogens is 1. The van der Waals surface area contributed by atoms with E-state index in [0.29, 0.717) is 12.8 Å². The van der Waals surface area contributed by atoms with E-state index in [1.165, 1.54) is 0 Å². The van der Waals surface area contributed by atoms with Crippen LogP contribution in [0.3, 0.4) is 0 Å². The lowest BCUT2D eigenvalue weighted by Crippen LogP contribution is -2.43. The van der Waals surface area contributed by atoms with Crippen molar-refractivity contribution in [3.8, 4) is 0 Å². The van der Waals surface area contributed by atoms with Gasteiger partial charge in [0.05, 0.1) is 11.5 Å². The molecule has 1 N–H and O–H groups in total. The van der Waals surface area contributed by atoms with Crippen LogP contribution in [-0.4, -0.2) is 39.0 Å². The average molecular weight is 306 g/mol. The molecule has 1 heterocycles. The van der Waals surface area contributed by atoms with E-state index in [2.05, 4.69) is 20.7 Å². The van der Waals surface area contributed by atoms with Crippen LogP contribution in [0.4, 0.5) is 0 Å². The minimum absolute atomic E-state index is 0.0841. The lowest BCUT2D eigenvalue weighted by molar-refractivity contribution is 0.519. The number of hydrogen-bond donors (Lipinski definition) is 1. The molecule has 1 aliphatic rings. The summed E-state index contributed by atoms with van der Waals surface area (Å²) in [5, 5.41) is 0. The van der Waals surface area contributed by atoms with E-state index in [0.717, 1.165) is 0 Å². The minimum atomic E-state index is -3.37. The first-order chi connectivity index (χ1) is 6.35. The number of sulfonamides is 1. The molecule has 1 aliphatic heterocycles. The van der Waals surface area contributed by atoms with Gasteiger partial charge in [-0.1, -0.05) is 15.9 Å². The second-order valence-corrected chi connectivity index (χ2v) is 8.58. The molecule has 5 nitrogen and oxygen atoms in total. The highest BCUT2D eigenvalue weighted by Gasteiger charge is 2.27. The molecule has 1 saturated heterocycles. The van der Waals surface area contributed by atoms with Crippen molar-refractivity contribution in [2.24, 2.45) is 0 Å². The van der Waals surface area contributed by atoms with Crippen LogP contribution >= 0.6 is 15.9 Å². The van der Waals surface area contributed by atoms with E-state index in [-0.39, 0.29) is 16.2 Å². The fourth-order valence-corrected chi connectivity index (χ4v) is 4.31. The minimum Gasteiger partial charge on any atom is -0.229 e. The summed E-state index contributed by atoms with van der Waals surface area (Å²) in [6.07, 6.45) is 1.11. The maximum atomic E-state index is 11.2. The Bertz CT molecular complexity index is 388. The maximum absolute atomic E-state index is 11.2. The molecule has 1 atom stereocenters. The SMILES string of the molecule is O=S1(=O)CCCC(NS(=O)(=O)CBr)C1. The van der Waals surface area contributed by atoms with E-state index >= 15 is 0 Å². The zero-order valence-electron chi connectivity index (χ0n) is 7.44. The molecule has 0 radical (unpaired) electrons. The lowest BCUT2D eigenvalue weighted by atomic mass is 10.2. The van der Waals surface area contributed by atoms with Crippen molar-refractivity contribution < 1.29 is 16.8 Å². The van der Waals surface area contributed by atoms with Crippen molar-refractivity contribution in [1.29, 1.82) is 0 Å². The number of sulfone groups is 1. The second kappa shape index (κ2) is 4.46. The van der Waals surface area contributed by atoms with Crippen molar-refractivity contribution in [3.63, 3.8) is 0 Å². The monoisotopic (exact) mass is 305 g/mol. The van der Waals surface area contributed by atoms with Gasteiger partial charge in [0.1, 0.15) is 4.66 Å². The molecule has 14 heavy (non-hydrogen) atoms. The van der Waals surface area contributed by atoms with E-state index < -0.39 is 25.9 Å². The second-order valence-electron chi connectivity index (χ2n) is 3.30. The van der Waals surface area contributed by atoms with Gasteiger partial charge in [0.2, 0.25) is 10.0 Å². The zero-order valence-corrected chi connectivity index (χ0v) is 10.7. The zero-order chi connectivity index (χ0) is 10.8. The number of rotatable bonds is 3. The Morgan fingerprint density at radius 2 is 2.07 bits per heavy atom. The summed E-state index contributed by atoms with van der Waals surface area (Å²) in [5.74, 6) is 0.0821. The summed E-state index contributed by atoms with van der Waals surface area (Å²) in [6, 6.07) is -0.462. The van der Waals surface area contributed by atoms with E-state index in [1.807, 2.05) is 0 Å². The van der Waals surface area contributed by atoms with Gasteiger partial charge in [0.15, 0.2) is 9.84 Å². The standard InChI is InChI=1S/C6H12BrNO4S2/c7-5-14(11,12)8-6-2-1-3-13(9,10)4-6/h6,8H,1-5H2. The molecule has 0 spiro atoms.